The van der Waals surface area contributed by atoms with E-state index in [9.17, 15) is 4.79 Å². The number of rotatable bonds is 9. The summed E-state index contributed by atoms with van der Waals surface area (Å²) >= 11 is 2.37. The number of esters is 1. The third-order valence-electron chi connectivity index (χ3n) is 2.34. The second-order valence-corrected chi connectivity index (χ2v) is 5.72. The van der Waals surface area contributed by atoms with Crippen molar-refractivity contribution in [1.82, 2.24) is 0 Å². The maximum atomic E-state index is 10.6. The van der Waals surface area contributed by atoms with Crippen LogP contribution in [0.15, 0.2) is 0 Å². The molecule has 0 saturated heterocycles. The SMILES string of the molecule is CCCCCCCCC(I)COC(C)=O. The van der Waals surface area contributed by atoms with Crippen molar-refractivity contribution >= 4 is 28.6 Å². The third-order valence-corrected chi connectivity index (χ3v) is 3.32. The molecule has 0 spiro atoms. The molecule has 0 aliphatic carbocycles. The summed E-state index contributed by atoms with van der Waals surface area (Å²) in [7, 11) is 0. The minimum absolute atomic E-state index is 0.167. The van der Waals surface area contributed by atoms with Crippen molar-refractivity contribution in [3.05, 3.63) is 0 Å². The summed E-state index contributed by atoms with van der Waals surface area (Å²) in [6, 6.07) is 0. The summed E-state index contributed by atoms with van der Waals surface area (Å²) in [5.41, 5.74) is 0. The van der Waals surface area contributed by atoms with Crippen LogP contribution >= 0.6 is 22.6 Å². The molecule has 0 aromatic heterocycles. The summed E-state index contributed by atoms with van der Waals surface area (Å²) in [6.45, 7) is 4.28. The van der Waals surface area contributed by atoms with Crippen molar-refractivity contribution in [3.63, 3.8) is 0 Å². The molecule has 0 aliphatic heterocycles. The smallest absolute Gasteiger partial charge is 0.302 e. The van der Waals surface area contributed by atoms with Crippen LogP contribution in [0.2, 0.25) is 0 Å². The lowest BCUT2D eigenvalue weighted by molar-refractivity contribution is -0.140. The molecule has 0 radical (unpaired) electrons. The van der Waals surface area contributed by atoms with Crippen LogP contribution in [0.3, 0.4) is 0 Å². The molecule has 0 aliphatic rings. The Balaban J connectivity index is 3.16. The molecule has 0 aromatic carbocycles. The van der Waals surface area contributed by atoms with Gasteiger partial charge in [0.1, 0.15) is 6.61 Å². The molecular formula is C12H23IO2. The van der Waals surface area contributed by atoms with E-state index in [-0.39, 0.29) is 5.97 Å². The van der Waals surface area contributed by atoms with Gasteiger partial charge in [-0.25, -0.2) is 0 Å². The lowest BCUT2D eigenvalue weighted by Crippen LogP contribution is -2.11. The maximum absolute atomic E-state index is 10.6. The zero-order valence-electron chi connectivity index (χ0n) is 9.93. The highest BCUT2D eigenvalue weighted by atomic mass is 127. The van der Waals surface area contributed by atoms with Gasteiger partial charge >= 0.3 is 5.97 Å². The van der Waals surface area contributed by atoms with Crippen molar-refractivity contribution < 1.29 is 9.53 Å². The Hall–Kier alpha value is 0.200. The maximum Gasteiger partial charge on any atom is 0.302 e. The molecule has 0 rings (SSSR count). The molecule has 1 atom stereocenters. The molecule has 2 nitrogen and oxygen atoms in total. The minimum Gasteiger partial charge on any atom is -0.465 e. The van der Waals surface area contributed by atoms with Gasteiger partial charge in [0.25, 0.3) is 0 Å². The highest BCUT2D eigenvalue weighted by Crippen LogP contribution is 2.13. The highest BCUT2D eigenvalue weighted by Gasteiger charge is 2.05. The number of alkyl halides is 1. The summed E-state index contributed by atoms with van der Waals surface area (Å²) in [6.07, 6.45) is 9.14. The molecule has 90 valence electrons. The number of carbonyl (C=O) groups excluding carboxylic acids is 1. The first kappa shape index (κ1) is 15.2. The predicted octanol–water partition coefficient (Wildman–Crippen LogP) is 4.10. The summed E-state index contributed by atoms with van der Waals surface area (Å²) in [5, 5.41) is 0. The van der Waals surface area contributed by atoms with Crippen LogP contribution in [-0.4, -0.2) is 16.5 Å². The van der Waals surface area contributed by atoms with Gasteiger partial charge < -0.3 is 4.74 Å². The van der Waals surface area contributed by atoms with E-state index >= 15 is 0 Å². The van der Waals surface area contributed by atoms with Crippen LogP contribution in [-0.2, 0) is 9.53 Å². The molecule has 0 amide bonds. The third kappa shape index (κ3) is 12.1. The molecule has 1 unspecified atom stereocenters. The van der Waals surface area contributed by atoms with Crippen molar-refractivity contribution in [2.24, 2.45) is 0 Å². The average molecular weight is 326 g/mol. The van der Waals surface area contributed by atoms with Gasteiger partial charge in [-0.2, -0.15) is 0 Å². The molecule has 0 bridgehead atoms. The summed E-state index contributed by atoms with van der Waals surface area (Å²) in [4.78, 5) is 10.6. The van der Waals surface area contributed by atoms with E-state index in [4.69, 9.17) is 4.74 Å². The monoisotopic (exact) mass is 326 g/mol. The van der Waals surface area contributed by atoms with Gasteiger partial charge in [-0.15, -0.1) is 0 Å². The number of carbonyl (C=O) groups is 1. The fourth-order valence-corrected chi connectivity index (χ4v) is 2.06. The molecule has 0 saturated carbocycles. The van der Waals surface area contributed by atoms with Crippen LogP contribution in [0.25, 0.3) is 0 Å². The highest BCUT2D eigenvalue weighted by molar-refractivity contribution is 14.1. The lowest BCUT2D eigenvalue weighted by atomic mass is 10.1. The molecule has 0 heterocycles. The van der Waals surface area contributed by atoms with Gasteiger partial charge in [-0.05, 0) is 6.42 Å². The summed E-state index contributed by atoms with van der Waals surface area (Å²) in [5.74, 6) is -0.167. The Kier molecular flexibility index (Phi) is 10.9. The zero-order chi connectivity index (χ0) is 11.5. The first-order valence-corrected chi connectivity index (χ1v) is 7.18. The second-order valence-electron chi connectivity index (χ2n) is 3.96. The van der Waals surface area contributed by atoms with E-state index in [1.807, 2.05) is 0 Å². The number of ether oxygens (including phenoxy) is 1. The minimum atomic E-state index is -0.167. The van der Waals surface area contributed by atoms with Gasteiger partial charge in [0, 0.05) is 10.8 Å². The predicted molar refractivity (Wildman–Crippen MR) is 72.4 cm³/mol. The van der Waals surface area contributed by atoms with E-state index in [0.29, 0.717) is 10.5 Å². The topological polar surface area (TPSA) is 26.3 Å². The molecule has 0 aromatic rings. The largest absolute Gasteiger partial charge is 0.465 e. The van der Waals surface area contributed by atoms with Crippen LogP contribution in [0.1, 0.15) is 58.8 Å². The van der Waals surface area contributed by atoms with Crippen LogP contribution < -0.4 is 0 Å². The second kappa shape index (κ2) is 10.7. The molecular weight excluding hydrogens is 303 g/mol. The summed E-state index contributed by atoms with van der Waals surface area (Å²) < 4.78 is 5.44. The molecule has 15 heavy (non-hydrogen) atoms. The van der Waals surface area contributed by atoms with Crippen molar-refractivity contribution in [3.8, 4) is 0 Å². The van der Waals surface area contributed by atoms with Gasteiger partial charge in [0.15, 0.2) is 0 Å². The van der Waals surface area contributed by atoms with Gasteiger partial charge in [0.05, 0.1) is 0 Å². The Morgan fingerprint density at radius 3 is 2.40 bits per heavy atom. The fourth-order valence-electron chi connectivity index (χ4n) is 1.44. The van der Waals surface area contributed by atoms with Gasteiger partial charge in [-0.3, -0.25) is 4.79 Å². The first-order chi connectivity index (χ1) is 7.16. The quantitative estimate of drug-likeness (QED) is 0.276. The Morgan fingerprint density at radius 1 is 1.20 bits per heavy atom. The molecule has 0 N–H and O–H groups in total. The van der Waals surface area contributed by atoms with Crippen molar-refractivity contribution in [1.29, 1.82) is 0 Å². The van der Waals surface area contributed by atoms with E-state index in [0.717, 1.165) is 0 Å². The Labute approximate surface area is 107 Å². The van der Waals surface area contributed by atoms with E-state index in [1.165, 1.54) is 51.9 Å². The van der Waals surface area contributed by atoms with Crippen LogP contribution in [0.5, 0.6) is 0 Å². The number of hydrogen-bond donors (Lipinski definition) is 0. The zero-order valence-corrected chi connectivity index (χ0v) is 12.1. The van der Waals surface area contributed by atoms with Crippen molar-refractivity contribution in [2.75, 3.05) is 6.61 Å². The first-order valence-electron chi connectivity index (χ1n) is 5.94. The van der Waals surface area contributed by atoms with Crippen molar-refractivity contribution in [2.45, 2.75) is 62.7 Å². The van der Waals surface area contributed by atoms with E-state index in [1.54, 1.807) is 0 Å². The molecule has 0 fully saturated rings. The van der Waals surface area contributed by atoms with E-state index < -0.39 is 0 Å². The number of halogens is 1. The van der Waals surface area contributed by atoms with Crippen LogP contribution in [0, 0.1) is 0 Å². The van der Waals surface area contributed by atoms with E-state index in [2.05, 4.69) is 29.5 Å². The lowest BCUT2D eigenvalue weighted by Gasteiger charge is -2.09. The molecule has 3 heteroatoms. The number of unbranched alkanes of at least 4 members (excludes halogenated alkanes) is 5. The normalized spacial score (nSPS) is 12.5. The average Bonchev–Trinajstić information content (AvgIpc) is 2.20. The Bertz CT molecular complexity index is 160. The standard InChI is InChI=1S/C12H23IO2/c1-3-4-5-6-7-8-9-12(13)10-15-11(2)14/h12H,3-10H2,1-2H3. The number of hydrogen-bond acceptors (Lipinski definition) is 2. The van der Waals surface area contributed by atoms with Gasteiger partial charge in [0.2, 0.25) is 0 Å². The van der Waals surface area contributed by atoms with Gasteiger partial charge in [-0.1, -0.05) is 68.0 Å². The Morgan fingerprint density at radius 2 is 1.80 bits per heavy atom. The fraction of sp³-hybridized carbons (Fsp3) is 0.917. The van der Waals surface area contributed by atoms with Crippen LogP contribution in [0.4, 0.5) is 0 Å².